The largest absolute Gasteiger partial charge is 0.493 e. The molecule has 1 rings (SSSR count). The molecule has 0 radical (unpaired) electrons. The van der Waals surface area contributed by atoms with Crippen molar-refractivity contribution in [2.24, 2.45) is 0 Å². The van der Waals surface area contributed by atoms with E-state index in [4.69, 9.17) is 14.2 Å². The number of hydrogen-bond donors (Lipinski definition) is 0. The molecule has 1 aromatic rings. The smallest absolute Gasteiger partial charge is 0.254 e. The standard InChI is InChI=1S/C20H33NO4/c1-6-8-10-12-21(13-11-9-7-2)20(22)16-14-17(23-3)19(25-5)18(15-16)24-4/h14-15H,6-13H2,1-5H3. The number of methoxy groups -OCH3 is 3. The summed E-state index contributed by atoms with van der Waals surface area (Å²) in [5, 5.41) is 0. The van der Waals surface area contributed by atoms with Crippen LogP contribution in [0.3, 0.4) is 0 Å². The predicted molar refractivity (Wildman–Crippen MR) is 101 cm³/mol. The fourth-order valence-electron chi connectivity index (χ4n) is 2.81. The second kappa shape index (κ2) is 11.6. The maximum atomic E-state index is 13.0. The fourth-order valence-corrected chi connectivity index (χ4v) is 2.81. The van der Waals surface area contributed by atoms with Crippen LogP contribution in [0.5, 0.6) is 17.2 Å². The molecule has 0 heterocycles. The van der Waals surface area contributed by atoms with Crippen LogP contribution in [0.1, 0.15) is 62.7 Å². The van der Waals surface area contributed by atoms with E-state index >= 15 is 0 Å². The molecule has 0 aliphatic rings. The molecule has 25 heavy (non-hydrogen) atoms. The van der Waals surface area contributed by atoms with E-state index in [-0.39, 0.29) is 5.91 Å². The van der Waals surface area contributed by atoms with E-state index in [0.29, 0.717) is 22.8 Å². The van der Waals surface area contributed by atoms with E-state index in [2.05, 4.69) is 13.8 Å². The van der Waals surface area contributed by atoms with Gasteiger partial charge in [-0.15, -0.1) is 0 Å². The molecule has 0 N–H and O–H groups in total. The van der Waals surface area contributed by atoms with E-state index in [0.717, 1.165) is 51.6 Å². The Morgan fingerprint density at radius 2 is 1.32 bits per heavy atom. The Bertz CT molecular complexity index is 495. The average molecular weight is 351 g/mol. The Kier molecular flexibility index (Phi) is 9.81. The number of rotatable bonds is 12. The predicted octanol–water partition coefficient (Wildman–Crippen LogP) is 4.54. The maximum Gasteiger partial charge on any atom is 0.254 e. The Morgan fingerprint density at radius 3 is 1.68 bits per heavy atom. The summed E-state index contributed by atoms with van der Waals surface area (Å²) in [5.41, 5.74) is 0.572. The monoisotopic (exact) mass is 351 g/mol. The van der Waals surface area contributed by atoms with Gasteiger partial charge in [0.05, 0.1) is 21.3 Å². The minimum absolute atomic E-state index is 0.0199. The molecule has 142 valence electrons. The molecule has 0 fully saturated rings. The topological polar surface area (TPSA) is 48.0 Å². The molecule has 1 amide bonds. The van der Waals surface area contributed by atoms with Gasteiger partial charge in [0.25, 0.3) is 5.91 Å². The Balaban J connectivity index is 3.04. The van der Waals surface area contributed by atoms with Crippen LogP contribution in [0, 0.1) is 0 Å². The number of benzene rings is 1. The molecule has 5 heteroatoms. The van der Waals surface area contributed by atoms with Crippen LogP contribution in [0.2, 0.25) is 0 Å². The summed E-state index contributed by atoms with van der Waals surface area (Å²) >= 11 is 0. The molecule has 0 atom stereocenters. The van der Waals surface area contributed by atoms with Crippen molar-refractivity contribution in [3.8, 4) is 17.2 Å². The van der Waals surface area contributed by atoms with Crippen molar-refractivity contribution in [2.45, 2.75) is 52.4 Å². The van der Waals surface area contributed by atoms with Crippen LogP contribution < -0.4 is 14.2 Å². The van der Waals surface area contributed by atoms with Crippen molar-refractivity contribution in [1.82, 2.24) is 4.90 Å². The van der Waals surface area contributed by atoms with Crippen LogP contribution in [-0.2, 0) is 0 Å². The lowest BCUT2D eigenvalue weighted by molar-refractivity contribution is 0.0748. The highest BCUT2D eigenvalue weighted by Crippen LogP contribution is 2.38. The number of carbonyl (C=O) groups is 1. The molecule has 0 saturated heterocycles. The first-order chi connectivity index (χ1) is 12.1. The Hall–Kier alpha value is -1.91. The van der Waals surface area contributed by atoms with Crippen molar-refractivity contribution < 1.29 is 19.0 Å². The summed E-state index contributed by atoms with van der Waals surface area (Å²) in [6, 6.07) is 3.46. The van der Waals surface area contributed by atoms with Crippen LogP contribution in [0.4, 0.5) is 0 Å². The minimum Gasteiger partial charge on any atom is -0.493 e. The molecule has 0 aromatic heterocycles. The van der Waals surface area contributed by atoms with Crippen molar-refractivity contribution >= 4 is 5.91 Å². The van der Waals surface area contributed by atoms with Gasteiger partial charge in [-0.2, -0.15) is 0 Å². The van der Waals surface area contributed by atoms with Crippen LogP contribution >= 0.6 is 0 Å². The van der Waals surface area contributed by atoms with Crippen molar-refractivity contribution in [2.75, 3.05) is 34.4 Å². The highest BCUT2D eigenvalue weighted by atomic mass is 16.5. The lowest BCUT2D eigenvalue weighted by Gasteiger charge is -2.24. The van der Waals surface area contributed by atoms with Gasteiger partial charge < -0.3 is 19.1 Å². The van der Waals surface area contributed by atoms with Gasteiger partial charge in [0.1, 0.15) is 0 Å². The van der Waals surface area contributed by atoms with Gasteiger partial charge in [-0.1, -0.05) is 39.5 Å². The van der Waals surface area contributed by atoms with Gasteiger partial charge >= 0.3 is 0 Å². The number of amides is 1. The molecule has 0 aliphatic carbocycles. The van der Waals surface area contributed by atoms with Crippen LogP contribution in [0.25, 0.3) is 0 Å². The first kappa shape index (κ1) is 21.1. The van der Waals surface area contributed by atoms with Crippen LogP contribution in [-0.4, -0.2) is 45.2 Å². The summed E-state index contributed by atoms with van der Waals surface area (Å²) in [5.74, 6) is 1.54. The molecule has 0 aliphatic heterocycles. The molecule has 0 saturated carbocycles. The molecular formula is C20H33NO4. The van der Waals surface area contributed by atoms with Crippen molar-refractivity contribution in [1.29, 1.82) is 0 Å². The third-order valence-corrected chi connectivity index (χ3v) is 4.26. The molecular weight excluding hydrogens is 318 g/mol. The van der Waals surface area contributed by atoms with Crippen molar-refractivity contribution in [3.63, 3.8) is 0 Å². The molecule has 5 nitrogen and oxygen atoms in total. The molecule has 0 bridgehead atoms. The lowest BCUT2D eigenvalue weighted by atomic mass is 10.1. The Morgan fingerprint density at radius 1 is 0.840 bits per heavy atom. The molecule has 0 spiro atoms. The van der Waals surface area contributed by atoms with Gasteiger partial charge in [-0.05, 0) is 25.0 Å². The minimum atomic E-state index is 0.0199. The second-order valence-electron chi connectivity index (χ2n) is 6.12. The number of nitrogens with zero attached hydrogens (tertiary/aromatic N) is 1. The van der Waals surface area contributed by atoms with Crippen molar-refractivity contribution in [3.05, 3.63) is 17.7 Å². The SMILES string of the molecule is CCCCCN(CCCCC)C(=O)c1cc(OC)c(OC)c(OC)c1. The van der Waals surface area contributed by atoms with E-state index in [1.165, 1.54) is 0 Å². The Labute approximate surface area is 152 Å². The zero-order chi connectivity index (χ0) is 18.7. The molecule has 1 aromatic carbocycles. The van der Waals surface area contributed by atoms with E-state index in [1.807, 2.05) is 4.90 Å². The normalized spacial score (nSPS) is 10.4. The van der Waals surface area contributed by atoms with Gasteiger partial charge in [0.2, 0.25) is 5.75 Å². The van der Waals surface area contributed by atoms with Gasteiger partial charge in [-0.3, -0.25) is 4.79 Å². The molecule has 0 unspecified atom stereocenters. The number of hydrogen-bond acceptors (Lipinski definition) is 4. The van der Waals surface area contributed by atoms with Gasteiger partial charge in [-0.25, -0.2) is 0 Å². The number of unbranched alkanes of at least 4 members (excludes halogenated alkanes) is 4. The van der Waals surface area contributed by atoms with Gasteiger partial charge in [0, 0.05) is 18.7 Å². The average Bonchev–Trinajstić information content (AvgIpc) is 2.65. The zero-order valence-corrected chi connectivity index (χ0v) is 16.4. The highest BCUT2D eigenvalue weighted by molar-refractivity contribution is 5.95. The summed E-state index contributed by atoms with van der Waals surface area (Å²) < 4.78 is 16.1. The van der Waals surface area contributed by atoms with E-state index in [9.17, 15) is 4.79 Å². The second-order valence-corrected chi connectivity index (χ2v) is 6.12. The maximum absolute atomic E-state index is 13.0. The van der Waals surface area contributed by atoms with Crippen LogP contribution in [0.15, 0.2) is 12.1 Å². The first-order valence-corrected chi connectivity index (χ1v) is 9.22. The van der Waals surface area contributed by atoms with Gasteiger partial charge in [0.15, 0.2) is 11.5 Å². The summed E-state index contributed by atoms with van der Waals surface area (Å²) in [6.45, 7) is 5.91. The third kappa shape index (κ3) is 6.15. The summed E-state index contributed by atoms with van der Waals surface area (Å²) in [6.07, 6.45) is 6.60. The highest BCUT2D eigenvalue weighted by Gasteiger charge is 2.20. The lowest BCUT2D eigenvalue weighted by Crippen LogP contribution is -2.33. The number of carbonyl (C=O) groups excluding carboxylic acids is 1. The quantitative estimate of drug-likeness (QED) is 0.519. The first-order valence-electron chi connectivity index (χ1n) is 9.22. The zero-order valence-electron chi connectivity index (χ0n) is 16.4. The third-order valence-electron chi connectivity index (χ3n) is 4.26. The summed E-state index contributed by atoms with van der Waals surface area (Å²) in [7, 11) is 4.68. The van der Waals surface area contributed by atoms with E-state index in [1.54, 1.807) is 33.5 Å². The fraction of sp³-hybridized carbons (Fsp3) is 0.650. The summed E-state index contributed by atoms with van der Waals surface area (Å²) in [4.78, 5) is 15.0. The van der Waals surface area contributed by atoms with E-state index < -0.39 is 0 Å². The number of ether oxygens (including phenoxy) is 3.